The van der Waals surface area contributed by atoms with Gasteiger partial charge in [0.25, 0.3) is 0 Å². The first-order valence-corrected chi connectivity index (χ1v) is 9.67. The molecule has 0 radical (unpaired) electrons. The molecule has 3 heterocycles. The van der Waals surface area contributed by atoms with E-state index in [1.165, 1.54) is 23.6 Å². The van der Waals surface area contributed by atoms with Crippen molar-refractivity contribution in [2.24, 2.45) is 0 Å². The lowest BCUT2D eigenvalue weighted by atomic mass is 10.2. The Kier molecular flexibility index (Phi) is 6.33. The predicted molar refractivity (Wildman–Crippen MR) is 103 cm³/mol. The molecule has 2 N–H and O–H groups in total. The average molecular weight is 443 g/mol. The molecular weight excluding hydrogens is 427 g/mol. The zero-order chi connectivity index (χ0) is 21.0. The maximum Gasteiger partial charge on any atom is 0.422 e. The number of hydrogen-bond acceptors (Lipinski definition) is 6. The minimum absolute atomic E-state index is 0.0519. The van der Waals surface area contributed by atoms with Gasteiger partial charge in [-0.2, -0.15) is 18.3 Å². The average Bonchev–Trinajstić information content (AvgIpc) is 3.33. The summed E-state index contributed by atoms with van der Waals surface area (Å²) in [6.45, 7) is 0.140. The molecule has 7 nitrogen and oxygen atoms in total. The molecule has 0 aliphatic carbocycles. The third kappa shape index (κ3) is 5.21. The minimum atomic E-state index is -4.48. The number of alkyl halides is 3. The Hall–Kier alpha value is -2.73. The summed E-state index contributed by atoms with van der Waals surface area (Å²) < 4.78 is 43.8. The maximum atomic E-state index is 12.7. The summed E-state index contributed by atoms with van der Waals surface area (Å²) in [5.41, 5.74) is 0.326. The number of carbonyl (C=O) groups is 1. The van der Waals surface area contributed by atoms with Crippen molar-refractivity contribution in [1.29, 1.82) is 0 Å². The summed E-state index contributed by atoms with van der Waals surface area (Å²) in [6, 6.07) is 6.10. The maximum absolute atomic E-state index is 12.7. The molecule has 29 heavy (non-hydrogen) atoms. The van der Waals surface area contributed by atoms with Crippen molar-refractivity contribution < 1.29 is 22.7 Å². The van der Waals surface area contributed by atoms with Gasteiger partial charge in [-0.3, -0.25) is 14.5 Å². The molecule has 3 rings (SSSR count). The monoisotopic (exact) mass is 443 g/mol. The highest BCUT2D eigenvalue weighted by Crippen LogP contribution is 2.26. The van der Waals surface area contributed by atoms with Crippen molar-refractivity contribution in [3.8, 4) is 16.6 Å². The van der Waals surface area contributed by atoms with E-state index in [4.69, 9.17) is 17.0 Å². The van der Waals surface area contributed by atoms with E-state index < -0.39 is 18.8 Å². The van der Waals surface area contributed by atoms with E-state index in [0.717, 1.165) is 4.88 Å². The Morgan fingerprint density at radius 3 is 2.90 bits per heavy atom. The van der Waals surface area contributed by atoms with Crippen molar-refractivity contribution in [3.05, 3.63) is 46.2 Å². The number of aromatic nitrogens is 4. The van der Waals surface area contributed by atoms with Gasteiger partial charge in [-0.25, -0.2) is 4.98 Å². The number of nitrogens with one attached hydrogen (secondary N) is 2. The molecule has 0 spiro atoms. The van der Waals surface area contributed by atoms with Crippen LogP contribution in [0.1, 0.15) is 18.5 Å². The SMILES string of the molecule is CC(C(=O)NCc1cccnc1OCC(F)(F)F)n1c(-c2cccs2)n[nH]c1=S. The van der Waals surface area contributed by atoms with E-state index in [2.05, 4.69) is 20.5 Å². The Morgan fingerprint density at radius 1 is 1.41 bits per heavy atom. The van der Waals surface area contributed by atoms with Gasteiger partial charge in [0, 0.05) is 18.3 Å². The van der Waals surface area contributed by atoms with Gasteiger partial charge in [0.1, 0.15) is 6.04 Å². The highest BCUT2D eigenvalue weighted by atomic mass is 32.1. The largest absolute Gasteiger partial charge is 0.468 e. The molecule has 1 atom stereocenters. The van der Waals surface area contributed by atoms with Crippen molar-refractivity contribution in [3.63, 3.8) is 0 Å². The molecule has 0 aromatic carbocycles. The van der Waals surface area contributed by atoms with E-state index in [-0.39, 0.29) is 23.1 Å². The third-order valence-electron chi connectivity index (χ3n) is 3.89. The van der Waals surface area contributed by atoms with Crippen LogP contribution in [0.3, 0.4) is 0 Å². The van der Waals surface area contributed by atoms with Crippen LogP contribution < -0.4 is 10.1 Å². The molecule has 0 saturated carbocycles. The number of H-pyrrole nitrogens is 1. The smallest absolute Gasteiger partial charge is 0.422 e. The topological polar surface area (TPSA) is 84.8 Å². The van der Waals surface area contributed by atoms with Gasteiger partial charge in [-0.1, -0.05) is 12.1 Å². The van der Waals surface area contributed by atoms with Crippen LogP contribution in [0.5, 0.6) is 5.88 Å². The van der Waals surface area contributed by atoms with Gasteiger partial charge in [-0.15, -0.1) is 11.3 Å². The second kappa shape index (κ2) is 8.74. The van der Waals surface area contributed by atoms with Crippen molar-refractivity contribution >= 4 is 29.5 Å². The summed E-state index contributed by atoms with van der Waals surface area (Å²) in [6.07, 6.45) is -3.17. The number of carbonyl (C=O) groups excluding carboxylic acids is 1. The van der Waals surface area contributed by atoms with Gasteiger partial charge in [0.15, 0.2) is 17.2 Å². The van der Waals surface area contributed by atoms with Crippen LogP contribution in [0, 0.1) is 4.77 Å². The predicted octanol–water partition coefficient (Wildman–Crippen LogP) is 3.88. The Morgan fingerprint density at radius 2 is 2.21 bits per heavy atom. The fraction of sp³-hybridized carbons (Fsp3) is 0.294. The van der Waals surface area contributed by atoms with Gasteiger partial charge in [0.2, 0.25) is 11.8 Å². The number of hydrogen-bond donors (Lipinski definition) is 2. The molecular formula is C17H16F3N5O2S2. The number of amides is 1. The first-order chi connectivity index (χ1) is 13.8. The second-order valence-corrected chi connectivity index (χ2v) is 7.30. The van der Waals surface area contributed by atoms with Crippen molar-refractivity contribution in [1.82, 2.24) is 25.1 Å². The van der Waals surface area contributed by atoms with E-state index in [1.807, 2.05) is 17.5 Å². The van der Waals surface area contributed by atoms with Crippen LogP contribution in [0.15, 0.2) is 35.8 Å². The fourth-order valence-corrected chi connectivity index (χ4v) is 3.53. The van der Waals surface area contributed by atoms with Crippen LogP contribution in [0.25, 0.3) is 10.7 Å². The standard InChI is InChI=1S/C17H16F3N5O2S2/c1-10(25-13(23-24-16(25)28)12-5-3-7-29-12)14(26)22-8-11-4-2-6-21-15(11)27-9-17(18,19)20/h2-7,10H,8-9H2,1H3,(H,22,26)(H,24,28). The van der Waals surface area contributed by atoms with Crippen LogP contribution in [0.4, 0.5) is 13.2 Å². The van der Waals surface area contributed by atoms with Crippen molar-refractivity contribution in [2.45, 2.75) is 25.7 Å². The lowest BCUT2D eigenvalue weighted by Gasteiger charge is -2.16. The Balaban J connectivity index is 1.71. The van der Waals surface area contributed by atoms with E-state index in [9.17, 15) is 18.0 Å². The van der Waals surface area contributed by atoms with E-state index in [1.54, 1.807) is 17.6 Å². The van der Waals surface area contributed by atoms with Crippen LogP contribution in [0.2, 0.25) is 0 Å². The van der Waals surface area contributed by atoms with Crippen LogP contribution in [-0.4, -0.2) is 38.4 Å². The quantitative estimate of drug-likeness (QED) is 0.542. The lowest BCUT2D eigenvalue weighted by molar-refractivity contribution is -0.154. The van der Waals surface area contributed by atoms with Crippen LogP contribution >= 0.6 is 23.6 Å². The normalized spacial score (nSPS) is 12.6. The number of pyridine rings is 1. The molecule has 0 fully saturated rings. The summed E-state index contributed by atoms with van der Waals surface area (Å²) in [4.78, 5) is 17.3. The number of nitrogens with zero attached hydrogens (tertiary/aromatic N) is 3. The zero-order valence-corrected chi connectivity index (χ0v) is 16.7. The van der Waals surface area contributed by atoms with Gasteiger partial charge < -0.3 is 10.1 Å². The minimum Gasteiger partial charge on any atom is -0.468 e. The van der Waals surface area contributed by atoms with Gasteiger partial charge in [-0.05, 0) is 36.7 Å². The lowest BCUT2D eigenvalue weighted by Crippen LogP contribution is -2.31. The van der Waals surface area contributed by atoms with E-state index in [0.29, 0.717) is 11.4 Å². The van der Waals surface area contributed by atoms with Crippen LogP contribution in [-0.2, 0) is 11.3 Å². The molecule has 0 aliphatic rings. The van der Waals surface area contributed by atoms with Crippen molar-refractivity contribution in [2.75, 3.05) is 6.61 Å². The number of aromatic amines is 1. The Labute approximate surface area is 172 Å². The highest BCUT2D eigenvalue weighted by molar-refractivity contribution is 7.71. The number of rotatable bonds is 7. The molecule has 1 unspecified atom stereocenters. The Bertz CT molecular complexity index is 1030. The summed E-state index contributed by atoms with van der Waals surface area (Å²) in [7, 11) is 0. The molecule has 3 aromatic rings. The van der Waals surface area contributed by atoms with Gasteiger partial charge in [0.05, 0.1) is 4.88 Å². The molecule has 154 valence electrons. The first-order valence-electron chi connectivity index (χ1n) is 8.38. The second-order valence-electron chi connectivity index (χ2n) is 5.96. The molecule has 1 amide bonds. The highest BCUT2D eigenvalue weighted by Gasteiger charge is 2.29. The zero-order valence-electron chi connectivity index (χ0n) is 15.1. The number of ether oxygens (including phenoxy) is 1. The van der Waals surface area contributed by atoms with Gasteiger partial charge >= 0.3 is 6.18 Å². The number of thiophene rings is 1. The molecule has 0 saturated heterocycles. The summed E-state index contributed by atoms with van der Waals surface area (Å²) in [5, 5.41) is 11.4. The molecule has 12 heteroatoms. The molecule has 0 aliphatic heterocycles. The molecule has 3 aromatic heterocycles. The summed E-state index contributed by atoms with van der Waals surface area (Å²) >= 11 is 6.70. The number of halogens is 3. The third-order valence-corrected chi connectivity index (χ3v) is 5.04. The van der Waals surface area contributed by atoms with E-state index >= 15 is 0 Å². The fourth-order valence-electron chi connectivity index (χ4n) is 2.53. The molecule has 0 bridgehead atoms. The summed E-state index contributed by atoms with van der Waals surface area (Å²) in [5.74, 6) is -0.0360. The first kappa shape index (κ1) is 21.0.